The summed E-state index contributed by atoms with van der Waals surface area (Å²) in [5.74, 6) is 0.809. The lowest BCUT2D eigenvalue weighted by Crippen LogP contribution is -2.47. The summed E-state index contributed by atoms with van der Waals surface area (Å²) in [6, 6.07) is 0. The number of aliphatic hydroxyl groups is 1. The van der Waals surface area contributed by atoms with Crippen LogP contribution >= 0.6 is 0 Å². The van der Waals surface area contributed by atoms with Gasteiger partial charge >= 0.3 is 0 Å². The van der Waals surface area contributed by atoms with Gasteiger partial charge in [0, 0.05) is 57.2 Å². The second kappa shape index (κ2) is 7.37. The summed E-state index contributed by atoms with van der Waals surface area (Å²) in [5, 5.41) is 12.2. The van der Waals surface area contributed by atoms with Crippen LogP contribution in [0.25, 0.3) is 0 Å². The summed E-state index contributed by atoms with van der Waals surface area (Å²) < 4.78 is 0. The zero-order chi connectivity index (χ0) is 13.5. The maximum atomic E-state index is 8.92. The first-order chi connectivity index (χ1) is 9.33. The molecule has 0 atom stereocenters. The lowest BCUT2D eigenvalue weighted by atomic mass is 10.3. The van der Waals surface area contributed by atoms with Crippen molar-refractivity contribution in [3.05, 3.63) is 18.0 Å². The van der Waals surface area contributed by atoms with E-state index in [4.69, 9.17) is 5.11 Å². The predicted octanol–water partition coefficient (Wildman–Crippen LogP) is -0.300. The Labute approximate surface area is 114 Å². The largest absolute Gasteiger partial charge is 0.395 e. The minimum atomic E-state index is 0.232. The SMILES string of the molecule is CCNCc1cnc(N2CCN(CCO)CC2)nc1. The highest BCUT2D eigenvalue weighted by molar-refractivity contribution is 5.30. The van der Waals surface area contributed by atoms with E-state index >= 15 is 0 Å². The van der Waals surface area contributed by atoms with Crippen LogP contribution in [0.3, 0.4) is 0 Å². The molecular formula is C13H23N5O. The molecule has 2 rings (SSSR count). The van der Waals surface area contributed by atoms with Gasteiger partial charge < -0.3 is 15.3 Å². The number of nitrogens with one attached hydrogen (secondary N) is 1. The Balaban J connectivity index is 1.85. The van der Waals surface area contributed by atoms with E-state index in [1.165, 1.54) is 0 Å². The fourth-order valence-electron chi connectivity index (χ4n) is 2.18. The van der Waals surface area contributed by atoms with Crippen LogP contribution in [0.5, 0.6) is 0 Å². The van der Waals surface area contributed by atoms with Crippen molar-refractivity contribution >= 4 is 5.95 Å². The van der Waals surface area contributed by atoms with Crippen molar-refractivity contribution in [2.75, 3.05) is 50.8 Å². The first kappa shape index (κ1) is 14.2. The van der Waals surface area contributed by atoms with Crippen LogP contribution in [-0.2, 0) is 6.54 Å². The Hall–Kier alpha value is -1.24. The van der Waals surface area contributed by atoms with Crippen LogP contribution in [0.1, 0.15) is 12.5 Å². The van der Waals surface area contributed by atoms with Gasteiger partial charge in [0.1, 0.15) is 0 Å². The van der Waals surface area contributed by atoms with Gasteiger partial charge in [-0.25, -0.2) is 9.97 Å². The zero-order valence-corrected chi connectivity index (χ0v) is 11.5. The van der Waals surface area contributed by atoms with Crippen molar-refractivity contribution in [1.29, 1.82) is 0 Å². The Kier molecular flexibility index (Phi) is 5.50. The van der Waals surface area contributed by atoms with Crippen molar-refractivity contribution in [2.24, 2.45) is 0 Å². The van der Waals surface area contributed by atoms with Gasteiger partial charge in [0.2, 0.25) is 5.95 Å². The highest BCUT2D eigenvalue weighted by atomic mass is 16.3. The van der Waals surface area contributed by atoms with Gasteiger partial charge in [0.25, 0.3) is 0 Å². The van der Waals surface area contributed by atoms with Crippen molar-refractivity contribution in [1.82, 2.24) is 20.2 Å². The standard InChI is InChI=1S/C13H23N5O/c1-2-14-9-12-10-15-13(16-11-12)18-5-3-17(4-6-18)7-8-19/h10-11,14,19H,2-9H2,1H3. The number of hydrogen-bond donors (Lipinski definition) is 2. The van der Waals surface area contributed by atoms with Gasteiger partial charge in [-0.1, -0.05) is 6.92 Å². The van der Waals surface area contributed by atoms with Crippen LogP contribution < -0.4 is 10.2 Å². The number of β-amino-alcohol motifs (C(OH)–C–C–N with tert-alkyl or cyclic N) is 1. The van der Waals surface area contributed by atoms with E-state index in [0.717, 1.165) is 57.3 Å². The summed E-state index contributed by atoms with van der Waals surface area (Å²) in [7, 11) is 0. The third-order valence-corrected chi connectivity index (χ3v) is 3.34. The lowest BCUT2D eigenvalue weighted by molar-refractivity contribution is 0.188. The number of nitrogens with zero attached hydrogens (tertiary/aromatic N) is 4. The van der Waals surface area contributed by atoms with Crippen LogP contribution in [0.2, 0.25) is 0 Å². The summed E-state index contributed by atoms with van der Waals surface area (Å²) in [6.07, 6.45) is 3.79. The van der Waals surface area contributed by atoms with Crippen molar-refractivity contribution < 1.29 is 5.11 Å². The molecule has 1 saturated heterocycles. The Morgan fingerprint density at radius 3 is 2.47 bits per heavy atom. The third kappa shape index (κ3) is 4.12. The molecule has 6 heteroatoms. The number of piperazine rings is 1. The summed E-state index contributed by atoms with van der Waals surface area (Å²) >= 11 is 0. The zero-order valence-electron chi connectivity index (χ0n) is 11.5. The fraction of sp³-hybridized carbons (Fsp3) is 0.692. The van der Waals surface area contributed by atoms with E-state index in [2.05, 4.69) is 32.0 Å². The molecule has 1 aromatic heterocycles. The average Bonchev–Trinajstić information content (AvgIpc) is 2.47. The van der Waals surface area contributed by atoms with Gasteiger partial charge in [-0.2, -0.15) is 0 Å². The molecule has 0 unspecified atom stereocenters. The predicted molar refractivity (Wildman–Crippen MR) is 75.2 cm³/mol. The normalized spacial score (nSPS) is 16.8. The quantitative estimate of drug-likeness (QED) is 0.736. The molecule has 0 spiro atoms. The van der Waals surface area contributed by atoms with Crippen LogP contribution in [-0.4, -0.2) is 65.8 Å². The van der Waals surface area contributed by atoms with Gasteiger partial charge in [0.05, 0.1) is 6.61 Å². The van der Waals surface area contributed by atoms with Gasteiger partial charge in [0.15, 0.2) is 0 Å². The molecule has 0 saturated carbocycles. The highest BCUT2D eigenvalue weighted by Gasteiger charge is 2.18. The summed E-state index contributed by atoms with van der Waals surface area (Å²) in [6.45, 7) is 8.62. The van der Waals surface area contributed by atoms with Crippen molar-refractivity contribution in [2.45, 2.75) is 13.5 Å². The highest BCUT2D eigenvalue weighted by Crippen LogP contribution is 2.10. The molecule has 106 valence electrons. The van der Waals surface area contributed by atoms with Crippen molar-refractivity contribution in [3.8, 4) is 0 Å². The van der Waals surface area contributed by atoms with Crippen LogP contribution in [0.4, 0.5) is 5.95 Å². The van der Waals surface area contributed by atoms with Crippen LogP contribution in [0.15, 0.2) is 12.4 Å². The van der Waals surface area contributed by atoms with Gasteiger partial charge in [-0.15, -0.1) is 0 Å². The van der Waals surface area contributed by atoms with Crippen LogP contribution in [0, 0.1) is 0 Å². The minimum Gasteiger partial charge on any atom is -0.395 e. The second-order valence-corrected chi connectivity index (χ2v) is 4.72. The number of hydrogen-bond acceptors (Lipinski definition) is 6. The van der Waals surface area contributed by atoms with E-state index in [1.54, 1.807) is 0 Å². The molecule has 0 aromatic carbocycles. The van der Waals surface area contributed by atoms with E-state index in [-0.39, 0.29) is 6.61 Å². The third-order valence-electron chi connectivity index (χ3n) is 3.34. The van der Waals surface area contributed by atoms with E-state index in [0.29, 0.717) is 0 Å². The fourth-order valence-corrected chi connectivity index (χ4v) is 2.18. The maximum Gasteiger partial charge on any atom is 0.225 e. The smallest absolute Gasteiger partial charge is 0.225 e. The Morgan fingerprint density at radius 1 is 1.21 bits per heavy atom. The molecule has 6 nitrogen and oxygen atoms in total. The molecule has 0 bridgehead atoms. The molecule has 19 heavy (non-hydrogen) atoms. The first-order valence-corrected chi connectivity index (χ1v) is 6.93. The number of aliphatic hydroxyl groups excluding tert-OH is 1. The maximum absolute atomic E-state index is 8.92. The average molecular weight is 265 g/mol. The Bertz CT molecular complexity index is 362. The monoisotopic (exact) mass is 265 g/mol. The molecular weight excluding hydrogens is 242 g/mol. The summed E-state index contributed by atoms with van der Waals surface area (Å²) in [5.41, 5.74) is 1.12. The molecule has 1 fully saturated rings. The van der Waals surface area contributed by atoms with Crippen molar-refractivity contribution in [3.63, 3.8) is 0 Å². The van der Waals surface area contributed by atoms with E-state index in [9.17, 15) is 0 Å². The molecule has 2 heterocycles. The topological polar surface area (TPSA) is 64.5 Å². The van der Waals surface area contributed by atoms with E-state index in [1.807, 2.05) is 12.4 Å². The lowest BCUT2D eigenvalue weighted by Gasteiger charge is -2.34. The van der Waals surface area contributed by atoms with E-state index < -0.39 is 0 Å². The number of anilines is 1. The molecule has 0 radical (unpaired) electrons. The molecule has 2 N–H and O–H groups in total. The Morgan fingerprint density at radius 2 is 1.89 bits per heavy atom. The number of aromatic nitrogens is 2. The summed E-state index contributed by atoms with van der Waals surface area (Å²) in [4.78, 5) is 13.3. The molecule has 1 aliphatic rings. The number of rotatable bonds is 6. The van der Waals surface area contributed by atoms with Gasteiger partial charge in [-0.3, -0.25) is 4.90 Å². The molecule has 0 aliphatic carbocycles. The van der Waals surface area contributed by atoms with Gasteiger partial charge in [-0.05, 0) is 6.54 Å². The first-order valence-electron chi connectivity index (χ1n) is 6.93. The minimum absolute atomic E-state index is 0.232. The molecule has 0 amide bonds. The second-order valence-electron chi connectivity index (χ2n) is 4.72. The molecule has 1 aromatic rings. The molecule has 1 aliphatic heterocycles.